The zero-order valence-electron chi connectivity index (χ0n) is 13.1. The summed E-state index contributed by atoms with van der Waals surface area (Å²) in [5.74, 6) is -0.875. The van der Waals surface area contributed by atoms with Crippen LogP contribution in [0.3, 0.4) is 0 Å². The van der Waals surface area contributed by atoms with E-state index in [9.17, 15) is 14.0 Å². The monoisotopic (exact) mass is 381 g/mol. The smallest absolute Gasteiger partial charge is 0.243 e. The van der Waals surface area contributed by atoms with E-state index in [0.717, 1.165) is 18.0 Å². The molecule has 1 saturated carbocycles. The molecule has 3 rings (SSSR count). The van der Waals surface area contributed by atoms with Gasteiger partial charge in [0.05, 0.1) is 12.3 Å². The van der Waals surface area contributed by atoms with E-state index >= 15 is 0 Å². The van der Waals surface area contributed by atoms with Crippen LogP contribution >= 0.6 is 23.1 Å². The number of carbonyl (C=O) groups is 2. The maximum absolute atomic E-state index is 12.8. The van der Waals surface area contributed by atoms with Crippen molar-refractivity contribution in [2.75, 3.05) is 22.9 Å². The zero-order valence-corrected chi connectivity index (χ0v) is 14.8. The lowest BCUT2D eigenvalue weighted by molar-refractivity contribution is -0.122. The van der Waals surface area contributed by atoms with Crippen molar-refractivity contribution in [3.05, 3.63) is 30.1 Å². The van der Waals surface area contributed by atoms with E-state index < -0.39 is 0 Å². The minimum atomic E-state index is -0.379. The molecule has 0 bridgehead atoms. The highest BCUT2D eigenvalue weighted by Gasteiger charge is 2.22. The molecule has 1 aliphatic rings. The van der Waals surface area contributed by atoms with E-state index in [0.29, 0.717) is 16.1 Å². The van der Waals surface area contributed by atoms with Crippen LogP contribution in [0.5, 0.6) is 0 Å². The molecule has 0 spiro atoms. The van der Waals surface area contributed by atoms with E-state index in [2.05, 4.69) is 26.1 Å². The third kappa shape index (κ3) is 5.98. The van der Waals surface area contributed by atoms with Gasteiger partial charge in [0, 0.05) is 11.7 Å². The number of hydrogen-bond donors (Lipinski definition) is 3. The van der Waals surface area contributed by atoms with Crippen molar-refractivity contribution in [1.29, 1.82) is 0 Å². The second kappa shape index (κ2) is 8.26. The number of halogens is 1. The number of thioether (sulfide) groups is 1. The maximum Gasteiger partial charge on any atom is 0.243 e. The highest BCUT2D eigenvalue weighted by atomic mass is 32.2. The topological polar surface area (TPSA) is 96.0 Å². The lowest BCUT2D eigenvalue weighted by Gasteiger charge is -2.06. The van der Waals surface area contributed by atoms with Gasteiger partial charge in [0.25, 0.3) is 0 Å². The largest absolute Gasteiger partial charge is 0.357 e. The molecule has 0 aliphatic heterocycles. The van der Waals surface area contributed by atoms with Gasteiger partial charge in [-0.25, -0.2) is 4.39 Å². The summed E-state index contributed by atoms with van der Waals surface area (Å²) in [5.41, 5.74) is 0.472. The zero-order chi connectivity index (χ0) is 17.6. The molecule has 1 heterocycles. The maximum atomic E-state index is 12.8. The lowest BCUT2D eigenvalue weighted by atomic mass is 10.3. The third-order valence-electron chi connectivity index (χ3n) is 3.21. The summed E-state index contributed by atoms with van der Waals surface area (Å²) >= 11 is 2.68. The molecule has 10 heteroatoms. The Labute approximate surface area is 151 Å². The van der Waals surface area contributed by atoms with Crippen molar-refractivity contribution in [1.82, 2.24) is 15.5 Å². The van der Waals surface area contributed by atoms with Crippen LogP contribution in [0.15, 0.2) is 28.6 Å². The van der Waals surface area contributed by atoms with Gasteiger partial charge in [-0.1, -0.05) is 23.1 Å². The van der Waals surface area contributed by atoms with Gasteiger partial charge in [-0.15, -0.1) is 10.2 Å². The van der Waals surface area contributed by atoms with Gasteiger partial charge in [0.1, 0.15) is 5.82 Å². The van der Waals surface area contributed by atoms with Gasteiger partial charge in [0.15, 0.2) is 4.34 Å². The molecule has 25 heavy (non-hydrogen) atoms. The van der Waals surface area contributed by atoms with Crippen LogP contribution in [0.4, 0.5) is 15.2 Å². The van der Waals surface area contributed by atoms with Gasteiger partial charge in [-0.3, -0.25) is 9.59 Å². The highest BCUT2D eigenvalue weighted by Crippen LogP contribution is 2.29. The average molecular weight is 381 g/mol. The fourth-order valence-corrected chi connectivity index (χ4v) is 3.48. The Morgan fingerprint density at radius 3 is 2.68 bits per heavy atom. The van der Waals surface area contributed by atoms with Crippen molar-refractivity contribution < 1.29 is 14.0 Å². The first-order valence-electron chi connectivity index (χ1n) is 7.63. The quantitative estimate of drug-likeness (QED) is 0.606. The SMILES string of the molecule is O=C(CSc1nnc(NC2CC2)s1)NCC(=O)Nc1ccc(F)cc1. The van der Waals surface area contributed by atoms with Crippen molar-refractivity contribution in [3.63, 3.8) is 0 Å². The number of rotatable bonds is 8. The van der Waals surface area contributed by atoms with Crippen LogP contribution in [-0.2, 0) is 9.59 Å². The van der Waals surface area contributed by atoms with Crippen LogP contribution in [0, 0.1) is 5.82 Å². The van der Waals surface area contributed by atoms with E-state index in [-0.39, 0.29) is 29.9 Å². The van der Waals surface area contributed by atoms with Crippen molar-refractivity contribution >= 4 is 45.7 Å². The fraction of sp³-hybridized carbons (Fsp3) is 0.333. The first kappa shape index (κ1) is 17.6. The minimum absolute atomic E-state index is 0.151. The van der Waals surface area contributed by atoms with Crippen LogP contribution in [0.25, 0.3) is 0 Å². The third-order valence-corrected chi connectivity index (χ3v) is 5.20. The first-order chi connectivity index (χ1) is 12.1. The molecule has 0 unspecified atom stereocenters. The molecule has 0 saturated heterocycles. The number of carbonyl (C=O) groups excluding carboxylic acids is 2. The highest BCUT2D eigenvalue weighted by molar-refractivity contribution is 8.01. The molecule has 0 atom stereocenters. The van der Waals surface area contributed by atoms with Crippen LogP contribution in [0.2, 0.25) is 0 Å². The Morgan fingerprint density at radius 2 is 1.96 bits per heavy atom. The summed E-state index contributed by atoms with van der Waals surface area (Å²) in [7, 11) is 0. The molecule has 7 nitrogen and oxygen atoms in total. The number of nitrogens with zero attached hydrogens (tertiary/aromatic N) is 2. The summed E-state index contributed by atoms with van der Waals surface area (Å²) in [6, 6.07) is 5.91. The summed E-state index contributed by atoms with van der Waals surface area (Å²) in [5, 5.41) is 17.1. The van der Waals surface area contributed by atoms with Crippen LogP contribution in [0.1, 0.15) is 12.8 Å². The first-order valence-corrected chi connectivity index (χ1v) is 9.43. The van der Waals surface area contributed by atoms with Crippen molar-refractivity contribution in [2.45, 2.75) is 23.2 Å². The van der Waals surface area contributed by atoms with Crippen LogP contribution < -0.4 is 16.0 Å². The van der Waals surface area contributed by atoms with E-state index in [4.69, 9.17) is 0 Å². The predicted molar refractivity (Wildman–Crippen MR) is 95.3 cm³/mol. The molecular weight excluding hydrogens is 365 g/mol. The minimum Gasteiger partial charge on any atom is -0.357 e. The van der Waals surface area contributed by atoms with Crippen molar-refractivity contribution in [2.24, 2.45) is 0 Å². The van der Waals surface area contributed by atoms with Gasteiger partial charge in [0.2, 0.25) is 16.9 Å². The van der Waals surface area contributed by atoms with Gasteiger partial charge in [-0.05, 0) is 37.1 Å². The Balaban J connectivity index is 1.35. The molecule has 1 aromatic heterocycles. The number of hydrogen-bond acceptors (Lipinski definition) is 7. The average Bonchev–Trinajstić information content (AvgIpc) is 3.30. The van der Waals surface area contributed by atoms with E-state index in [1.165, 1.54) is 47.4 Å². The number of anilines is 2. The summed E-state index contributed by atoms with van der Waals surface area (Å²) in [6.45, 7) is -0.151. The molecular formula is C15H16FN5O2S2. The molecule has 1 fully saturated rings. The van der Waals surface area contributed by atoms with E-state index in [1.54, 1.807) is 0 Å². The molecule has 132 valence electrons. The molecule has 1 aliphatic carbocycles. The number of aromatic nitrogens is 2. The van der Waals surface area contributed by atoms with Crippen LogP contribution in [-0.4, -0.2) is 40.4 Å². The predicted octanol–water partition coefficient (Wildman–Crippen LogP) is 2.10. The standard InChI is InChI=1S/C15H16FN5O2S2/c16-9-1-3-10(4-2-9)18-12(22)7-17-13(23)8-24-15-21-20-14(25-15)19-11-5-6-11/h1-4,11H,5-8H2,(H,17,23)(H,18,22)(H,19,20). The second-order valence-corrected chi connectivity index (χ2v) is 7.61. The molecule has 1 aromatic carbocycles. The summed E-state index contributed by atoms with van der Waals surface area (Å²) in [6.07, 6.45) is 2.31. The molecule has 0 radical (unpaired) electrons. The lowest BCUT2D eigenvalue weighted by Crippen LogP contribution is -2.33. The Bertz CT molecular complexity index is 749. The Kier molecular flexibility index (Phi) is 5.82. The van der Waals surface area contributed by atoms with Gasteiger partial charge < -0.3 is 16.0 Å². The second-order valence-electron chi connectivity index (χ2n) is 5.41. The summed E-state index contributed by atoms with van der Waals surface area (Å²) < 4.78 is 13.5. The number of nitrogens with one attached hydrogen (secondary N) is 3. The van der Waals surface area contributed by atoms with E-state index in [1.807, 2.05) is 0 Å². The van der Waals surface area contributed by atoms with Crippen molar-refractivity contribution in [3.8, 4) is 0 Å². The Morgan fingerprint density at radius 1 is 1.20 bits per heavy atom. The Hall–Kier alpha value is -2.20. The molecule has 3 N–H and O–H groups in total. The fourth-order valence-electron chi connectivity index (χ4n) is 1.82. The van der Waals surface area contributed by atoms with Gasteiger partial charge in [-0.2, -0.15) is 0 Å². The van der Waals surface area contributed by atoms with Gasteiger partial charge >= 0.3 is 0 Å². The molecule has 2 aromatic rings. The number of benzene rings is 1. The number of amides is 2. The normalized spacial score (nSPS) is 13.3. The summed E-state index contributed by atoms with van der Waals surface area (Å²) in [4.78, 5) is 23.5. The molecule has 2 amide bonds.